The van der Waals surface area contributed by atoms with Crippen molar-refractivity contribution in [1.82, 2.24) is 5.32 Å². The molecule has 1 aromatic heterocycles. The number of carboxylic acid groups (broad SMARTS) is 1. The molecule has 0 radical (unpaired) electrons. The highest BCUT2D eigenvalue weighted by molar-refractivity contribution is 5.78. The number of furan rings is 1. The van der Waals surface area contributed by atoms with Crippen LogP contribution in [-0.4, -0.2) is 17.0 Å². The molecule has 1 atom stereocenters. The van der Waals surface area contributed by atoms with Gasteiger partial charge in [-0.15, -0.1) is 0 Å². The zero-order chi connectivity index (χ0) is 14.6. The highest BCUT2D eigenvalue weighted by atomic mass is 16.4. The molecule has 1 rings (SSSR count). The van der Waals surface area contributed by atoms with Gasteiger partial charge in [-0.25, -0.2) is 0 Å². The summed E-state index contributed by atoms with van der Waals surface area (Å²) < 4.78 is 5.43. The first-order chi connectivity index (χ1) is 8.69. The Morgan fingerprint density at radius 3 is 2.47 bits per heavy atom. The van der Waals surface area contributed by atoms with Crippen LogP contribution in [0.15, 0.2) is 16.5 Å². The number of hydrogen-bond acceptors (Lipinski definition) is 3. The lowest BCUT2D eigenvalue weighted by Crippen LogP contribution is -2.31. The van der Waals surface area contributed by atoms with Crippen molar-refractivity contribution in [2.45, 2.75) is 46.6 Å². The third kappa shape index (κ3) is 5.16. The van der Waals surface area contributed by atoms with Crippen molar-refractivity contribution >= 4 is 11.9 Å². The van der Waals surface area contributed by atoms with Gasteiger partial charge in [0.25, 0.3) is 0 Å². The Balaban J connectivity index is 2.53. The van der Waals surface area contributed by atoms with E-state index in [9.17, 15) is 9.59 Å². The first kappa shape index (κ1) is 15.3. The SMILES string of the molecule is Cc1ccc([C@@H](C)NC(=O)CC(C)(C)CC(=O)O)o1. The summed E-state index contributed by atoms with van der Waals surface area (Å²) in [6.07, 6.45) is 0.137. The van der Waals surface area contributed by atoms with E-state index in [0.29, 0.717) is 5.76 Å². The van der Waals surface area contributed by atoms with E-state index in [1.165, 1.54) is 0 Å². The van der Waals surface area contributed by atoms with Crippen LogP contribution < -0.4 is 5.32 Å². The highest BCUT2D eigenvalue weighted by Gasteiger charge is 2.26. The van der Waals surface area contributed by atoms with Crippen LogP contribution in [0.2, 0.25) is 0 Å². The van der Waals surface area contributed by atoms with Gasteiger partial charge in [0.2, 0.25) is 5.91 Å². The summed E-state index contributed by atoms with van der Waals surface area (Å²) in [7, 11) is 0. The first-order valence-electron chi connectivity index (χ1n) is 6.27. The molecule has 5 heteroatoms. The van der Waals surface area contributed by atoms with Crippen molar-refractivity contribution in [3.8, 4) is 0 Å². The molecular weight excluding hydrogens is 246 g/mol. The lowest BCUT2D eigenvalue weighted by Gasteiger charge is -2.22. The highest BCUT2D eigenvalue weighted by Crippen LogP contribution is 2.25. The minimum Gasteiger partial charge on any atom is -0.481 e. The van der Waals surface area contributed by atoms with Crippen LogP contribution in [0.1, 0.15) is 51.2 Å². The predicted octanol–water partition coefficient (Wildman–Crippen LogP) is 2.66. The molecule has 0 aliphatic carbocycles. The van der Waals surface area contributed by atoms with Gasteiger partial charge in [-0.1, -0.05) is 13.8 Å². The molecule has 0 saturated carbocycles. The van der Waals surface area contributed by atoms with Crippen LogP contribution in [0, 0.1) is 12.3 Å². The van der Waals surface area contributed by atoms with E-state index in [-0.39, 0.29) is 24.8 Å². The number of aliphatic carboxylic acids is 1. The van der Waals surface area contributed by atoms with Gasteiger partial charge in [0.05, 0.1) is 12.5 Å². The van der Waals surface area contributed by atoms with Crippen molar-refractivity contribution in [3.63, 3.8) is 0 Å². The van der Waals surface area contributed by atoms with E-state index in [0.717, 1.165) is 5.76 Å². The largest absolute Gasteiger partial charge is 0.481 e. The van der Waals surface area contributed by atoms with E-state index >= 15 is 0 Å². The fourth-order valence-corrected chi connectivity index (χ4v) is 1.96. The molecule has 0 bridgehead atoms. The Labute approximate surface area is 113 Å². The average molecular weight is 267 g/mol. The van der Waals surface area contributed by atoms with Gasteiger partial charge in [0.15, 0.2) is 0 Å². The predicted molar refractivity (Wildman–Crippen MR) is 70.7 cm³/mol. The van der Waals surface area contributed by atoms with E-state index in [4.69, 9.17) is 9.52 Å². The molecule has 2 N–H and O–H groups in total. The maximum absolute atomic E-state index is 11.9. The van der Waals surface area contributed by atoms with Crippen molar-refractivity contribution < 1.29 is 19.1 Å². The molecule has 0 aromatic carbocycles. The average Bonchev–Trinajstić information content (AvgIpc) is 2.61. The summed E-state index contributed by atoms with van der Waals surface area (Å²) in [6, 6.07) is 3.44. The minimum absolute atomic E-state index is 0.0331. The standard InChI is InChI=1S/C14H21NO4/c1-9-5-6-11(19-9)10(2)15-12(16)7-14(3,4)8-13(17)18/h5-6,10H,7-8H2,1-4H3,(H,15,16)(H,17,18)/t10-/m1/s1. The van der Waals surface area contributed by atoms with Gasteiger partial charge in [0, 0.05) is 6.42 Å². The summed E-state index contributed by atoms with van der Waals surface area (Å²) >= 11 is 0. The van der Waals surface area contributed by atoms with Crippen molar-refractivity contribution in [2.24, 2.45) is 5.41 Å². The van der Waals surface area contributed by atoms with Gasteiger partial charge >= 0.3 is 5.97 Å². The molecule has 1 heterocycles. The van der Waals surface area contributed by atoms with E-state index in [2.05, 4.69) is 5.32 Å². The van der Waals surface area contributed by atoms with Crippen LogP contribution in [0.25, 0.3) is 0 Å². The van der Waals surface area contributed by atoms with Gasteiger partial charge in [0.1, 0.15) is 11.5 Å². The summed E-state index contributed by atoms with van der Waals surface area (Å²) in [4.78, 5) is 22.6. The number of rotatable bonds is 6. The summed E-state index contributed by atoms with van der Waals surface area (Å²) in [5.74, 6) is 0.421. The third-order valence-corrected chi connectivity index (χ3v) is 2.83. The van der Waals surface area contributed by atoms with Gasteiger partial charge in [-0.05, 0) is 31.4 Å². The topological polar surface area (TPSA) is 79.5 Å². The Morgan fingerprint density at radius 2 is 2.00 bits per heavy atom. The van der Waals surface area contributed by atoms with Crippen LogP contribution in [-0.2, 0) is 9.59 Å². The fourth-order valence-electron chi connectivity index (χ4n) is 1.96. The minimum atomic E-state index is -0.896. The molecule has 1 aromatic rings. The zero-order valence-corrected chi connectivity index (χ0v) is 11.8. The Bertz CT molecular complexity index is 462. The summed E-state index contributed by atoms with van der Waals surface area (Å²) in [6.45, 7) is 7.21. The molecule has 19 heavy (non-hydrogen) atoms. The molecule has 106 valence electrons. The lowest BCUT2D eigenvalue weighted by atomic mass is 9.85. The zero-order valence-electron chi connectivity index (χ0n) is 11.8. The summed E-state index contributed by atoms with van der Waals surface area (Å²) in [5, 5.41) is 11.6. The number of nitrogens with one attached hydrogen (secondary N) is 1. The number of aryl methyl sites for hydroxylation is 1. The maximum atomic E-state index is 11.9. The molecule has 0 aliphatic rings. The number of hydrogen-bond donors (Lipinski definition) is 2. The normalized spacial score (nSPS) is 13.1. The number of carboxylic acids is 1. The van der Waals surface area contributed by atoms with Crippen molar-refractivity contribution in [3.05, 3.63) is 23.7 Å². The van der Waals surface area contributed by atoms with E-state index in [1.54, 1.807) is 13.8 Å². The monoisotopic (exact) mass is 267 g/mol. The van der Waals surface area contributed by atoms with Crippen molar-refractivity contribution in [1.29, 1.82) is 0 Å². The molecule has 0 aliphatic heterocycles. The molecule has 0 saturated heterocycles. The first-order valence-corrected chi connectivity index (χ1v) is 6.27. The van der Waals surface area contributed by atoms with E-state index < -0.39 is 11.4 Å². The second kappa shape index (κ2) is 5.91. The molecule has 0 fully saturated rings. The fraction of sp³-hybridized carbons (Fsp3) is 0.571. The quantitative estimate of drug-likeness (QED) is 0.830. The Hall–Kier alpha value is -1.78. The van der Waals surface area contributed by atoms with Gasteiger partial charge in [-0.3, -0.25) is 9.59 Å². The van der Waals surface area contributed by atoms with Crippen LogP contribution in [0.5, 0.6) is 0 Å². The number of carbonyl (C=O) groups excluding carboxylic acids is 1. The Morgan fingerprint density at radius 1 is 1.37 bits per heavy atom. The smallest absolute Gasteiger partial charge is 0.303 e. The Kier molecular flexibility index (Phi) is 4.75. The van der Waals surface area contributed by atoms with Gasteiger partial charge in [-0.2, -0.15) is 0 Å². The lowest BCUT2D eigenvalue weighted by molar-refractivity contribution is -0.139. The molecular formula is C14H21NO4. The molecule has 0 unspecified atom stereocenters. The second-order valence-electron chi connectivity index (χ2n) is 5.65. The van der Waals surface area contributed by atoms with Crippen molar-refractivity contribution in [2.75, 3.05) is 0 Å². The third-order valence-electron chi connectivity index (χ3n) is 2.83. The van der Waals surface area contributed by atoms with Crippen LogP contribution >= 0.6 is 0 Å². The molecule has 1 amide bonds. The maximum Gasteiger partial charge on any atom is 0.303 e. The van der Waals surface area contributed by atoms with Crippen LogP contribution in [0.3, 0.4) is 0 Å². The molecule has 0 spiro atoms. The summed E-state index contributed by atoms with van der Waals surface area (Å²) in [5.41, 5.74) is -0.561. The van der Waals surface area contributed by atoms with E-state index in [1.807, 2.05) is 26.0 Å². The number of carbonyl (C=O) groups is 2. The molecule has 5 nitrogen and oxygen atoms in total. The van der Waals surface area contributed by atoms with Crippen LogP contribution in [0.4, 0.5) is 0 Å². The van der Waals surface area contributed by atoms with Gasteiger partial charge < -0.3 is 14.8 Å². The second-order valence-corrected chi connectivity index (χ2v) is 5.65. The number of amides is 1.